The summed E-state index contributed by atoms with van der Waals surface area (Å²) in [5, 5.41) is 5.27. The van der Waals surface area contributed by atoms with Gasteiger partial charge in [-0.1, -0.05) is 36.7 Å². The van der Waals surface area contributed by atoms with Gasteiger partial charge >= 0.3 is 0 Å². The summed E-state index contributed by atoms with van der Waals surface area (Å²) in [6, 6.07) is 0.379. The maximum Gasteiger partial charge on any atom is 0.138 e. The molecule has 16 heavy (non-hydrogen) atoms. The molecule has 0 aliphatic rings. The van der Waals surface area contributed by atoms with Crippen LogP contribution in [0.2, 0.25) is 0 Å². The van der Waals surface area contributed by atoms with Crippen LogP contribution < -0.4 is 0 Å². The first-order valence-corrected chi connectivity index (χ1v) is 6.97. The summed E-state index contributed by atoms with van der Waals surface area (Å²) < 4.78 is 2.02. The van der Waals surface area contributed by atoms with E-state index in [2.05, 4.69) is 60.6 Å². The van der Waals surface area contributed by atoms with Crippen molar-refractivity contribution in [2.45, 2.75) is 47.1 Å². The second kappa shape index (κ2) is 5.30. The number of hydrogen-bond donors (Lipinski definition) is 0. The van der Waals surface area contributed by atoms with Crippen LogP contribution in [0.4, 0.5) is 0 Å². The van der Waals surface area contributed by atoms with E-state index in [4.69, 9.17) is 0 Å². The molecule has 1 rings (SSSR count). The Labute approximate surface area is 107 Å². The molecule has 0 amide bonds. The van der Waals surface area contributed by atoms with Crippen LogP contribution in [-0.2, 0) is 6.42 Å². The van der Waals surface area contributed by atoms with Gasteiger partial charge in [0.05, 0.1) is 0 Å². The normalized spacial score (nSPS) is 15.8. The molecule has 0 radical (unpaired) electrons. The number of alkyl halides is 1. The van der Waals surface area contributed by atoms with E-state index in [1.54, 1.807) is 6.33 Å². The van der Waals surface area contributed by atoms with Crippen LogP contribution >= 0.6 is 15.9 Å². The van der Waals surface area contributed by atoms with Gasteiger partial charge in [0.25, 0.3) is 0 Å². The van der Waals surface area contributed by atoms with Crippen molar-refractivity contribution < 1.29 is 0 Å². The topological polar surface area (TPSA) is 30.7 Å². The van der Waals surface area contributed by atoms with Crippen LogP contribution in [0.1, 0.15) is 46.5 Å². The lowest BCUT2D eigenvalue weighted by Gasteiger charge is -2.31. The van der Waals surface area contributed by atoms with Crippen LogP contribution in [0.15, 0.2) is 6.33 Å². The summed E-state index contributed by atoms with van der Waals surface area (Å²) in [7, 11) is 0. The van der Waals surface area contributed by atoms with E-state index >= 15 is 0 Å². The molecule has 0 fully saturated rings. The second-order valence-electron chi connectivity index (χ2n) is 5.33. The van der Waals surface area contributed by atoms with Crippen molar-refractivity contribution in [2.24, 2.45) is 11.3 Å². The summed E-state index contributed by atoms with van der Waals surface area (Å²) >= 11 is 3.62. The Hall–Kier alpha value is -0.380. The van der Waals surface area contributed by atoms with E-state index in [0.717, 1.165) is 17.6 Å². The summed E-state index contributed by atoms with van der Waals surface area (Å²) in [6.45, 7) is 11.1. The van der Waals surface area contributed by atoms with Gasteiger partial charge in [0, 0.05) is 17.8 Å². The number of nitrogens with zero attached hydrogens (tertiary/aromatic N) is 3. The standard InChI is InChI=1S/C12H22BrN3/c1-9(2)12(5,7-13)6-11-14-8-15-16(11)10(3)4/h8-10H,6-7H2,1-5H3. The van der Waals surface area contributed by atoms with Gasteiger partial charge < -0.3 is 0 Å². The Bertz CT molecular complexity index is 333. The molecule has 1 atom stereocenters. The highest BCUT2D eigenvalue weighted by Crippen LogP contribution is 2.33. The Morgan fingerprint density at radius 1 is 1.38 bits per heavy atom. The van der Waals surface area contributed by atoms with Crippen LogP contribution in [0.25, 0.3) is 0 Å². The van der Waals surface area contributed by atoms with Gasteiger partial charge in [-0.25, -0.2) is 9.67 Å². The highest BCUT2D eigenvalue weighted by molar-refractivity contribution is 9.09. The van der Waals surface area contributed by atoms with Gasteiger partial charge in [0.1, 0.15) is 12.2 Å². The molecular formula is C12H22BrN3. The van der Waals surface area contributed by atoms with Crippen molar-refractivity contribution in [3.05, 3.63) is 12.2 Å². The summed E-state index contributed by atoms with van der Waals surface area (Å²) in [4.78, 5) is 4.38. The Morgan fingerprint density at radius 3 is 2.44 bits per heavy atom. The quantitative estimate of drug-likeness (QED) is 0.777. The number of aromatic nitrogens is 3. The zero-order valence-electron chi connectivity index (χ0n) is 10.9. The lowest BCUT2D eigenvalue weighted by Crippen LogP contribution is -2.30. The predicted molar refractivity (Wildman–Crippen MR) is 70.9 cm³/mol. The molecule has 92 valence electrons. The minimum atomic E-state index is 0.236. The van der Waals surface area contributed by atoms with E-state index in [0.29, 0.717) is 12.0 Å². The fourth-order valence-corrected chi connectivity index (χ4v) is 2.44. The SMILES string of the molecule is CC(C)n1ncnc1CC(C)(CBr)C(C)C. The van der Waals surface area contributed by atoms with Gasteiger partial charge in [0.15, 0.2) is 0 Å². The van der Waals surface area contributed by atoms with Crippen LogP contribution in [0.5, 0.6) is 0 Å². The average Bonchev–Trinajstić information content (AvgIpc) is 2.65. The van der Waals surface area contributed by atoms with Crippen LogP contribution in [-0.4, -0.2) is 20.1 Å². The molecule has 1 unspecified atom stereocenters. The molecule has 0 saturated heterocycles. The summed E-state index contributed by atoms with van der Waals surface area (Å²) in [6.07, 6.45) is 2.62. The zero-order valence-corrected chi connectivity index (χ0v) is 12.5. The molecule has 1 heterocycles. The van der Waals surface area contributed by atoms with E-state index in [9.17, 15) is 0 Å². The van der Waals surface area contributed by atoms with Crippen molar-refractivity contribution in [3.8, 4) is 0 Å². The third kappa shape index (κ3) is 2.84. The van der Waals surface area contributed by atoms with Crippen molar-refractivity contribution >= 4 is 15.9 Å². The van der Waals surface area contributed by atoms with Crippen molar-refractivity contribution in [1.82, 2.24) is 14.8 Å². The largest absolute Gasteiger partial charge is 0.248 e. The number of halogens is 1. The van der Waals surface area contributed by atoms with E-state index in [1.165, 1.54) is 0 Å². The van der Waals surface area contributed by atoms with Gasteiger partial charge in [-0.3, -0.25) is 0 Å². The minimum Gasteiger partial charge on any atom is -0.248 e. The van der Waals surface area contributed by atoms with Gasteiger partial charge in [0.2, 0.25) is 0 Å². The number of rotatable bonds is 5. The molecule has 0 aliphatic carbocycles. The van der Waals surface area contributed by atoms with Crippen molar-refractivity contribution in [3.63, 3.8) is 0 Å². The monoisotopic (exact) mass is 287 g/mol. The van der Waals surface area contributed by atoms with E-state index < -0.39 is 0 Å². The summed E-state index contributed by atoms with van der Waals surface area (Å²) in [5.41, 5.74) is 0.236. The van der Waals surface area contributed by atoms with Crippen LogP contribution in [0.3, 0.4) is 0 Å². The number of hydrogen-bond acceptors (Lipinski definition) is 2. The maximum atomic E-state index is 4.38. The van der Waals surface area contributed by atoms with E-state index in [-0.39, 0.29) is 5.41 Å². The average molecular weight is 288 g/mol. The predicted octanol–water partition coefficient (Wildman–Crippen LogP) is 3.46. The second-order valence-corrected chi connectivity index (χ2v) is 5.89. The highest BCUT2D eigenvalue weighted by Gasteiger charge is 2.29. The van der Waals surface area contributed by atoms with Gasteiger partial charge in [-0.2, -0.15) is 5.10 Å². The first kappa shape index (κ1) is 13.7. The lowest BCUT2D eigenvalue weighted by atomic mass is 9.78. The molecule has 4 heteroatoms. The summed E-state index contributed by atoms with van der Waals surface area (Å²) in [5.74, 6) is 1.70. The smallest absolute Gasteiger partial charge is 0.138 e. The van der Waals surface area contributed by atoms with Crippen molar-refractivity contribution in [1.29, 1.82) is 0 Å². The first-order chi connectivity index (χ1) is 7.40. The van der Waals surface area contributed by atoms with Crippen molar-refractivity contribution in [2.75, 3.05) is 5.33 Å². The first-order valence-electron chi connectivity index (χ1n) is 5.85. The molecule has 0 N–H and O–H groups in total. The third-order valence-electron chi connectivity index (χ3n) is 3.40. The maximum absolute atomic E-state index is 4.38. The van der Waals surface area contributed by atoms with Gasteiger partial charge in [-0.15, -0.1) is 0 Å². The molecule has 0 spiro atoms. The lowest BCUT2D eigenvalue weighted by molar-refractivity contribution is 0.246. The fourth-order valence-electron chi connectivity index (χ4n) is 1.60. The fraction of sp³-hybridized carbons (Fsp3) is 0.833. The molecule has 1 aromatic heterocycles. The Balaban J connectivity index is 2.90. The molecule has 3 nitrogen and oxygen atoms in total. The Kier molecular flexibility index (Phi) is 4.53. The minimum absolute atomic E-state index is 0.236. The molecule has 0 aromatic carbocycles. The van der Waals surface area contributed by atoms with E-state index in [1.807, 2.05) is 4.68 Å². The third-order valence-corrected chi connectivity index (χ3v) is 4.68. The molecule has 0 aliphatic heterocycles. The Morgan fingerprint density at radius 2 is 2.00 bits per heavy atom. The molecule has 0 bridgehead atoms. The highest BCUT2D eigenvalue weighted by atomic mass is 79.9. The van der Waals surface area contributed by atoms with Crippen LogP contribution in [0, 0.1) is 11.3 Å². The van der Waals surface area contributed by atoms with Gasteiger partial charge in [-0.05, 0) is 25.2 Å². The zero-order chi connectivity index (χ0) is 12.3. The molecule has 0 saturated carbocycles. The molecule has 1 aromatic rings. The molecular weight excluding hydrogens is 266 g/mol.